The van der Waals surface area contributed by atoms with Gasteiger partial charge in [-0.15, -0.1) is 11.8 Å². The van der Waals surface area contributed by atoms with Crippen LogP contribution >= 0.6 is 11.8 Å². The van der Waals surface area contributed by atoms with E-state index < -0.39 is 0 Å². The molecule has 0 aromatic heterocycles. The number of ether oxygens (including phenoxy) is 1. The minimum Gasteiger partial charge on any atom is -0.394 e. The third kappa shape index (κ3) is 4.40. The monoisotopic (exact) mass is 233 g/mol. The Balaban J connectivity index is 2.32. The minimum atomic E-state index is -0.202. The SMILES string of the molecule is CC(C)SCC(=O)N1CCOC(CO)C1. The Morgan fingerprint density at radius 3 is 3.00 bits per heavy atom. The predicted octanol–water partition coefficient (Wildman–Crippen LogP) is 0.348. The van der Waals surface area contributed by atoms with Crippen LogP contribution in [-0.2, 0) is 9.53 Å². The molecular formula is C10H19NO3S. The molecule has 1 fully saturated rings. The maximum Gasteiger partial charge on any atom is 0.232 e. The Hall–Kier alpha value is -0.260. The molecule has 1 amide bonds. The standard InChI is InChI=1S/C10H19NO3S/c1-8(2)15-7-10(13)11-3-4-14-9(5-11)6-12/h8-9,12H,3-7H2,1-2H3. The van der Waals surface area contributed by atoms with E-state index >= 15 is 0 Å². The molecule has 1 aliphatic rings. The number of carbonyl (C=O) groups is 1. The Labute approximate surface area is 95.0 Å². The first-order valence-electron chi connectivity index (χ1n) is 5.25. The van der Waals surface area contributed by atoms with Crippen molar-refractivity contribution in [3.63, 3.8) is 0 Å². The van der Waals surface area contributed by atoms with Gasteiger partial charge in [0.05, 0.1) is 25.1 Å². The van der Waals surface area contributed by atoms with Crippen LogP contribution in [0.1, 0.15) is 13.8 Å². The summed E-state index contributed by atoms with van der Waals surface area (Å²) in [5, 5.41) is 9.42. The second-order valence-corrected chi connectivity index (χ2v) is 5.44. The lowest BCUT2D eigenvalue weighted by atomic mass is 10.3. The van der Waals surface area contributed by atoms with Gasteiger partial charge >= 0.3 is 0 Å². The summed E-state index contributed by atoms with van der Waals surface area (Å²) in [5.41, 5.74) is 0. The van der Waals surface area contributed by atoms with Gasteiger partial charge in [0, 0.05) is 13.1 Å². The van der Waals surface area contributed by atoms with Crippen molar-refractivity contribution in [3.8, 4) is 0 Å². The molecular weight excluding hydrogens is 214 g/mol. The number of carbonyl (C=O) groups excluding carboxylic acids is 1. The smallest absolute Gasteiger partial charge is 0.232 e. The lowest BCUT2D eigenvalue weighted by Crippen LogP contribution is -2.47. The zero-order chi connectivity index (χ0) is 11.3. The minimum absolute atomic E-state index is 0.0128. The van der Waals surface area contributed by atoms with Gasteiger partial charge in [0.25, 0.3) is 0 Å². The van der Waals surface area contributed by atoms with Crippen LogP contribution in [0.3, 0.4) is 0 Å². The van der Waals surface area contributed by atoms with Crippen molar-refractivity contribution in [2.24, 2.45) is 0 Å². The Morgan fingerprint density at radius 2 is 2.40 bits per heavy atom. The highest BCUT2D eigenvalue weighted by Crippen LogP contribution is 2.12. The Kier molecular flexibility index (Phi) is 5.42. The molecule has 4 nitrogen and oxygen atoms in total. The van der Waals surface area contributed by atoms with Crippen LogP contribution in [0.25, 0.3) is 0 Å². The number of amides is 1. The molecule has 1 saturated heterocycles. The summed E-state index contributed by atoms with van der Waals surface area (Å²) in [4.78, 5) is 13.5. The Bertz CT molecular complexity index is 211. The van der Waals surface area contributed by atoms with Gasteiger partial charge in [-0.2, -0.15) is 0 Å². The molecule has 0 saturated carbocycles. The number of rotatable bonds is 4. The van der Waals surface area contributed by atoms with Gasteiger partial charge in [-0.1, -0.05) is 13.8 Å². The number of morpholine rings is 1. The summed E-state index contributed by atoms with van der Waals surface area (Å²) < 4.78 is 5.28. The fourth-order valence-corrected chi connectivity index (χ4v) is 2.04. The summed E-state index contributed by atoms with van der Waals surface area (Å²) in [6.45, 7) is 5.84. The largest absolute Gasteiger partial charge is 0.394 e. The highest BCUT2D eigenvalue weighted by atomic mass is 32.2. The number of hydrogen-bond donors (Lipinski definition) is 1. The van der Waals surface area contributed by atoms with E-state index in [0.717, 1.165) is 0 Å². The fourth-order valence-electron chi connectivity index (χ4n) is 1.39. The van der Waals surface area contributed by atoms with Crippen LogP contribution in [0.2, 0.25) is 0 Å². The third-order valence-electron chi connectivity index (χ3n) is 2.24. The van der Waals surface area contributed by atoms with Crippen molar-refractivity contribution in [3.05, 3.63) is 0 Å². The molecule has 0 radical (unpaired) electrons. The molecule has 1 heterocycles. The molecule has 0 aromatic rings. The summed E-state index contributed by atoms with van der Waals surface area (Å²) in [6, 6.07) is 0. The van der Waals surface area contributed by atoms with Gasteiger partial charge in [0.1, 0.15) is 0 Å². The lowest BCUT2D eigenvalue weighted by molar-refractivity contribution is -0.137. The normalized spacial score (nSPS) is 22.1. The molecule has 5 heteroatoms. The van der Waals surface area contributed by atoms with Crippen molar-refractivity contribution >= 4 is 17.7 Å². The quantitative estimate of drug-likeness (QED) is 0.761. The van der Waals surface area contributed by atoms with Crippen LogP contribution in [0, 0.1) is 0 Å². The second-order valence-electron chi connectivity index (χ2n) is 3.87. The van der Waals surface area contributed by atoms with E-state index in [0.29, 0.717) is 30.7 Å². The van der Waals surface area contributed by atoms with Crippen LogP contribution in [0.15, 0.2) is 0 Å². The molecule has 15 heavy (non-hydrogen) atoms. The fraction of sp³-hybridized carbons (Fsp3) is 0.900. The molecule has 0 aliphatic carbocycles. The first-order chi connectivity index (χ1) is 7.13. The van der Waals surface area contributed by atoms with Gasteiger partial charge in [0.15, 0.2) is 0 Å². The number of nitrogens with zero attached hydrogens (tertiary/aromatic N) is 1. The molecule has 1 unspecified atom stereocenters. The number of aliphatic hydroxyl groups is 1. The van der Waals surface area contributed by atoms with Crippen molar-refractivity contribution < 1.29 is 14.6 Å². The topological polar surface area (TPSA) is 49.8 Å². The Morgan fingerprint density at radius 1 is 1.67 bits per heavy atom. The highest BCUT2D eigenvalue weighted by molar-refractivity contribution is 8.00. The summed E-state index contributed by atoms with van der Waals surface area (Å²) in [5.74, 6) is 0.672. The van der Waals surface area contributed by atoms with Crippen LogP contribution in [0.5, 0.6) is 0 Å². The molecule has 1 rings (SSSR count). The number of thioether (sulfide) groups is 1. The van der Waals surface area contributed by atoms with Gasteiger partial charge in [-0.05, 0) is 5.25 Å². The van der Waals surface area contributed by atoms with E-state index in [1.807, 2.05) is 0 Å². The molecule has 1 N–H and O–H groups in total. The van der Waals surface area contributed by atoms with Crippen molar-refractivity contribution in [1.82, 2.24) is 4.90 Å². The van der Waals surface area contributed by atoms with E-state index in [4.69, 9.17) is 9.84 Å². The summed E-state index contributed by atoms with van der Waals surface area (Å²) in [7, 11) is 0. The second kappa shape index (κ2) is 6.35. The van der Waals surface area contributed by atoms with E-state index in [9.17, 15) is 4.79 Å². The first kappa shape index (κ1) is 12.8. The maximum absolute atomic E-state index is 11.7. The molecule has 1 aliphatic heterocycles. The summed E-state index contributed by atoms with van der Waals surface area (Å²) >= 11 is 1.65. The van der Waals surface area contributed by atoms with Gasteiger partial charge < -0.3 is 14.7 Å². The van der Waals surface area contributed by atoms with Crippen molar-refractivity contribution in [2.45, 2.75) is 25.2 Å². The highest BCUT2D eigenvalue weighted by Gasteiger charge is 2.23. The first-order valence-corrected chi connectivity index (χ1v) is 6.30. The van der Waals surface area contributed by atoms with E-state index in [-0.39, 0.29) is 18.6 Å². The lowest BCUT2D eigenvalue weighted by Gasteiger charge is -2.32. The van der Waals surface area contributed by atoms with Gasteiger partial charge in [-0.3, -0.25) is 4.79 Å². The zero-order valence-corrected chi connectivity index (χ0v) is 10.1. The van der Waals surface area contributed by atoms with Crippen LogP contribution in [-0.4, -0.2) is 59.3 Å². The van der Waals surface area contributed by atoms with E-state index in [2.05, 4.69) is 13.8 Å². The van der Waals surface area contributed by atoms with E-state index in [1.165, 1.54) is 0 Å². The van der Waals surface area contributed by atoms with Crippen LogP contribution < -0.4 is 0 Å². The molecule has 0 aromatic carbocycles. The van der Waals surface area contributed by atoms with Gasteiger partial charge in [0.2, 0.25) is 5.91 Å². The molecule has 0 spiro atoms. The molecule has 1 atom stereocenters. The van der Waals surface area contributed by atoms with Gasteiger partial charge in [-0.25, -0.2) is 0 Å². The average molecular weight is 233 g/mol. The van der Waals surface area contributed by atoms with Crippen molar-refractivity contribution in [1.29, 1.82) is 0 Å². The maximum atomic E-state index is 11.7. The van der Waals surface area contributed by atoms with Crippen molar-refractivity contribution in [2.75, 3.05) is 32.1 Å². The number of hydrogen-bond acceptors (Lipinski definition) is 4. The third-order valence-corrected chi connectivity index (χ3v) is 3.32. The zero-order valence-electron chi connectivity index (χ0n) is 9.31. The summed E-state index contributed by atoms with van der Waals surface area (Å²) in [6.07, 6.45) is -0.202. The van der Waals surface area contributed by atoms with E-state index in [1.54, 1.807) is 16.7 Å². The van der Waals surface area contributed by atoms with Crippen LogP contribution in [0.4, 0.5) is 0 Å². The molecule has 0 bridgehead atoms. The average Bonchev–Trinajstić information content (AvgIpc) is 2.26. The predicted molar refractivity (Wildman–Crippen MR) is 61.0 cm³/mol. The molecule has 88 valence electrons. The number of aliphatic hydroxyl groups excluding tert-OH is 1.